The van der Waals surface area contributed by atoms with Gasteiger partial charge >= 0.3 is 11.8 Å². The van der Waals surface area contributed by atoms with Gasteiger partial charge in [0, 0.05) is 0 Å². The summed E-state index contributed by atoms with van der Waals surface area (Å²) >= 11 is 11.6. The molecule has 2 rings (SSSR count). The largest absolute Gasteiger partial charge is 0.316 e. The number of rotatable bonds is 2. The third-order valence-corrected chi connectivity index (χ3v) is 3.51. The molecule has 4 nitrogen and oxygen atoms in total. The van der Waals surface area contributed by atoms with Crippen molar-refractivity contribution >= 4 is 46.4 Å². The standard InChI is InChI=1S/C14H7Cl2F3N2O2/c15-6-2-1-3-8(10(6)16)20-13(22)14(23)21-9-5-4-7(17)11(18)12(9)19/h1-5H,(H,20,22)(H,21,23). The number of anilines is 2. The van der Waals surface area contributed by atoms with E-state index in [1.807, 2.05) is 5.32 Å². The minimum absolute atomic E-state index is 0.00863. The third-order valence-electron chi connectivity index (χ3n) is 2.69. The van der Waals surface area contributed by atoms with E-state index in [0.29, 0.717) is 6.07 Å². The predicted octanol–water partition coefficient (Wildman–Crippen LogP) is 3.99. The molecule has 2 N–H and O–H groups in total. The topological polar surface area (TPSA) is 58.2 Å². The summed E-state index contributed by atoms with van der Waals surface area (Å²) in [6.07, 6.45) is 0. The number of amides is 2. The van der Waals surface area contributed by atoms with Gasteiger partial charge in [0.25, 0.3) is 0 Å². The molecule has 23 heavy (non-hydrogen) atoms. The van der Waals surface area contributed by atoms with Crippen LogP contribution in [0.1, 0.15) is 0 Å². The van der Waals surface area contributed by atoms with Gasteiger partial charge in [-0.05, 0) is 24.3 Å². The maximum Gasteiger partial charge on any atom is 0.314 e. The Morgan fingerprint density at radius 1 is 0.826 bits per heavy atom. The van der Waals surface area contributed by atoms with Crippen molar-refractivity contribution in [3.05, 3.63) is 57.8 Å². The van der Waals surface area contributed by atoms with Crippen molar-refractivity contribution in [2.24, 2.45) is 0 Å². The average Bonchev–Trinajstić information content (AvgIpc) is 2.52. The number of carbonyl (C=O) groups excluding carboxylic acids is 2. The molecule has 0 saturated heterocycles. The van der Waals surface area contributed by atoms with Crippen molar-refractivity contribution in [1.29, 1.82) is 0 Å². The van der Waals surface area contributed by atoms with Gasteiger partial charge in [-0.15, -0.1) is 0 Å². The molecule has 0 radical (unpaired) electrons. The molecule has 0 aliphatic heterocycles. The highest BCUT2D eigenvalue weighted by atomic mass is 35.5. The highest BCUT2D eigenvalue weighted by Crippen LogP contribution is 2.29. The summed E-state index contributed by atoms with van der Waals surface area (Å²) in [6.45, 7) is 0. The fourth-order valence-electron chi connectivity index (χ4n) is 1.58. The summed E-state index contributed by atoms with van der Waals surface area (Å²) in [7, 11) is 0. The SMILES string of the molecule is O=C(Nc1ccc(F)c(F)c1F)C(=O)Nc1cccc(Cl)c1Cl. The first-order valence-corrected chi connectivity index (χ1v) is 6.76. The Bertz CT molecular complexity index is 800. The van der Waals surface area contributed by atoms with Gasteiger partial charge in [0.1, 0.15) is 0 Å². The van der Waals surface area contributed by atoms with Crippen molar-refractivity contribution < 1.29 is 22.8 Å². The molecule has 0 unspecified atom stereocenters. The monoisotopic (exact) mass is 362 g/mol. The predicted molar refractivity (Wildman–Crippen MR) is 80.0 cm³/mol. The first-order valence-electron chi connectivity index (χ1n) is 6.01. The number of nitrogens with one attached hydrogen (secondary N) is 2. The van der Waals surface area contributed by atoms with Gasteiger partial charge in [0.2, 0.25) is 0 Å². The molecule has 0 saturated carbocycles. The zero-order valence-corrected chi connectivity index (χ0v) is 12.6. The number of benzene rings is 2. The van der Waals surface area contributed by atoms with E-state index in [-0.39, 0.29) is 15.7 Å². The van der Waals surface area contributed by atoms with E-state index in [9.17, 15) is 22.8 Å². The Balaban J connectivity index is 2.13. The lowest BCUT2D eigenvalue weighted by atomic mass is 10.2. The second-order valence-corrected chi connectivity index (χ2v) is 5.02. The maximum absolute atomic E-state index is 13.4. The molecular weight excluding hydrogens is 356 g/mol. The average molecular weight is 363 g/mol. The van der Waals surface area contributed by atoms with Crippen LogP contribution in [0.25, 0.3) is 0 Å². The molecule has 0 aliphatic rings. The molecule has 9 heteroatoms. The van der Waals surface area contributed by atoms with Crippen molar-refractivity contribution in [2.75, 3.05) is 10.6 Å². The fourth-order valence-corrected chi connectivity index (χ4v) is 1.93. The summed E-state index contributed by atoms with van der Waals surface area (Å²) in [5, 5.41) is 4.14. The van der Waals surface area contributed by atoms with Crippen molar-refractivity contribution in [2.45, 2.75) is 0 Å². The van der Waals surface area contributed by atoms with E-state index in [0.717, 1.165) is 6.07 Å². The number of carbonyl (C=O) groups is 2. The Hall–Kier alpha value is -2.25. The minimum Gasteiger partial charge on any atom is -0.316 e. The molecule has 0 aliphatic carbocycles. The maximum atomic E-state index is 13.4. The van der Waals surface area contributed by atoms with E-state index in [1.54, 1.807) is 0 Å². The fraction of sp³-hybridized carbons (Fsp3) is 0. The van der Waals surface area contributed by atoms with E-state index in [2.05, 4.69) is 5.32 Å². The Labute approximate surface area is 138 Å². The van der Waals surface area contributed by atoms with Gasteiger partial charge in [-0.2, -0.15) is 0 Å². The van der Waals surface area contributed by atoms with Crippen LogP contribution in [-0.4, -0.2) is 11.8 Å². The number of hydrogen-bond acceptors (Lipinski definition) is 2. The van der Waals surface area contributed by atoms with Crippen LogP contribution in [0.15, 0.2) is 30.3 Å². The Morgan fingerprint density at radius 2 is 1.43 bits per heavy atom. The van der Waals surface area contributed by atoms with Crippen molar-refractivity contribution in [3.63, 3.8) is 0 Å². The van der Waals surface area contributed by atoms with Crippen LogP contribution in [0, 0.1) is 17.5 Å². The molecule has 0 aromatic heterocycles. The molecule has 0 spiro atoms. The highest BCUT2D eigenvalue weighted by Gasteiger charge is 2.20. The van der Waals surface area contributed by atoms with Gasteiger partial charge < -0.3 is 10.6 Å². The Morgan fingerprint density at radius 3 is 2.09 bits per heavy atom. The van der Waals surface area contributed by atoms with Gasteiger partial charge in [0.05, 0.1) is 21.4 Å². The van der Waals surface area contributed by atoms with E-state index >= 15 is 0 Å². The lowest BCUT2D eigenvalue weighted by Gasteiger charge is -2.09. The van der Waals surface area contributed by atoms with Crippen LogP contribution in [0.4, 0.5) is 24.5 Å². The molecule has 2 amide bonds. The molecule has 2 aromatic rings. The smallest absolute Gasteiger partial charge is 0.314 e. The zero-order chi connectivity index (χ0) is 17.1. The van der Waals surface area contributed by atoms with E-state index < -0.39 is 35.0 Å². The van der Waals surface area contributed by atoms with Gasteiger partial charge in [-0.3, -0.25) is 9.59 Å². The summed E-state index contributed by atoms with van der Waals surface area (Å²) in [5.41, 5.74) is -0.619. The van der Waals surface area contributed by atoms with Crippen molar-refractivity contribution in [3.8, 4) is 0 Å². The molecule has 120 valence electrons. The van der Waals surface area contributed by atoms with Gasteiger partial charge in [-0.1, -0.05) is 29.3 Å². The molecule has 2 aromatic carbocycles. The van der Waals surface area contributed by atoms with Crippen LogP contribution < -0.4 is 10.6 Å². The molecule has 0 heterocycles. The second-order valence-electron chi connectivity index (χ2n) is 4.23. The highest BCUT2D eigenvalue weighted by molar-refractivity contribution is 6.47. The van der Waals surface area contributed by atoms with Crippen LogP contribution in [0.2, 0.25) is 10.0 Å². The van der Waals surface area contributed by atoms with Crippen LogP contribution in [0.3, 0.4) is 0 Å². The summed E-state index contributed by atoms with van der Waals surface area (Å²) < 4.78 is 39.3. The van der Waals surface area contributed by atoms with Gasteiger partial charge in [0.15, 0.2) is 17.5 Å². The van der Waals surface area contributed by atoms with Crippen LogP contribution in [-0.2, 0) is 9.59 Å². The van der Waals surface area contributed by atoms with Crippen LogP contribution in [0.5, 0.6) is 0 Å². The summed E-state index contributed by atoms with van der Waals surface area (Å²) in [4.78, 5) is 23.4. The first kappa shape index (κ1) is 17.1. The lowest BCUT2D eigenvalue weighted by Crippen LogP contribution is -2.29. The third kappa shape index (κ3) is 3.75. The number of halogens is 5. The Kier molecular flexibility index (Phi) is 5.12. The first-order chi connectivity index (χ1) is 10.8. The molecule has 0 bridgehead atoms. The molecular formula is C14H7Cl2F3N2O2. The van der Waals surface area contributed by atoms with Crippen LogP contribution >= 0.6 is 23.2 Å². The van der Waals surface area contributed by atoms with E-state index in [4.69, 9.17) is 23.2 Å². The van der Waals surface area contributed by atoms with E-state index in [1.165, 1.54) is 18.2 Å². The normalized spacial score (nSPS) is 10.3. The second kappa shape index (κ2) is 6.89. The molecule has 0 fully saturated rings. The summed E-state index contributed by atoms with van der Waals surface area (Å²) in [6, 6.07) is 5.73. The lowest BCUT2D eigenvalue weighted by molar-refractivity contribution is -0.133. The molecule has 0 atom stereocenters. The quantitative estimate of drug-likeness (QED) is 0.626. The van der Waals surface area contributed by atoms with Crippen molar-refractivity contribution in [1.82, 2.24) is 0 Å². The number of hydrogen-bond donors (Lipinski definition) is 2. The minimum atomic E-state index is -1.76. The zero-order valence-electron chi connectivity index (χ0n) is 11.1. The van der Waals surface area contributed by atoms with Gasteiger partial charge in [-0.25, -0.2) is 13.2 Å². The summed E-state index contributed by atoms with van der Waals surface area (Å²) in [5.74, 6) is -7.30.